The van der Waals surface area contributed by atoms with Crippen LogP contribution in [0.3, 0.4) is 0 Å². The van der Waals surface area contributed by atoms with Gasteiger partial charge in [0, 0.05) is 6.42 Å². The monoisotopic (exact) mass is 238 g/mol. The molecule has 2 atom stereocenters. The molecule has 96 valence electrons. The Morgan fingerprint density at radius 1 is 1.18 bits per heavy atom. The summed E-state index contributed by atoms with van der Waals surface area (Å²) in [5.74, 6) is 0.771. The molecule has 0 fully saturated rings. The Bertz CT molecular complexity index is 308. The number of unbranched alkanes of at least 4 members (excludes halogenated alkanes) is 1. The van der Waals surface area contributed by atoms with Crippen molar-refractivity contribution in [2.45, 2.75) is 44.8 Å². The predicted molar refractivity (Wildman–Crippen MR) is 68.1 cm³/mol. The summed E-state index contributed by atoms with van der Waals surface area (Å²) in [6.45, 7) is 2.09. The first-order valence-corrected chi connectivity index (χ1v) is 6.17. The Balaban J connectivity index is 2.47. The second-order valence-electron chi connectivity index (χ2n) is 4.32. The van der Waals surface area contributed by atoms with Crippen molar-refractivity contribution in [2.75, 3.05) is 7.11 Å². The molecule has 3 nitrogen and oxygen atoms in total. The van der Waals surface area contributed by atoms with E-state index in [2.05, 4.69) is 6.92 Å². The smallest absolute Gasteiger partial charge is 0.118 e. The van der Waals surface area contributed by atoms with E-state index in [0.717, 1.165) is 30.6 Å². The highest BCUT2D eigenvalue weighted by molar-refractivity contribution is 5.28. The fourth-order valence-corrected chi connectivity index (χ4v) is 1.78. The Morgan fingerprint density at radius 2 is 1.82 bits per heavy atom. The number of hydrogen-bond acceptors (Lipinski definition) is 3. The maximum atomic E-state index is 9.95. The van der Waals surface area contributed by atoms with Crippen LogP contribution in [0.15, 0.2) is 24.3 Å². The molecule has 0 aliphatic rings. The van der Waals surface area contributed by atoms with Gasteiger partial charge in [-0.15, -0.1) is 0 Å². The SMILES string of the molecule is CCCC[C@H](O)C[C@@H](O)c1ccc(OC)cc1. The van der Waals surface area contributed by atoms with Crippen molar-refractivity contribution in [3.63, 3.8) is 0 Å². The van der Waals surface area contributed by atoms with E-state index in [0.29, 0.717) is 6.42 Å². The largest absolute Gasteiger partial charge is 0.497 e. The molecular formula is C14H22O3. The van der Waals surface area contributed by atoms with Gasteiger partial charge in [0.2, 0.25) is 0 Å². The minimum atomic E-state index is -0.604. The molecule has 0 heterocycles. The van der Waals surface area contributed by atoms with E-state index >= 15 is 0 Å². The van der Waals surface area contributed by atoms with Crippen molar-refractivity contribution in [1.82, 2.24) is 0 Å². The molecule has 0 saturated carbocycles. The minimum Gasteiger partial charge on any atom is -0.497 e. The van der Waals surface area contributed by atoms with E-state index in [9.17, 15) is 10.2 Å². The first-order chi connectivity index (χ1) is 8.17. The van der Waals surface area contributed by atoms with E-state index in [1.807, 2.05) is 24.3 Å². The van der Waals surface area contributed by atoms with Crippen LogP contribution in [0.25, 0.3) is 0 Å². The van der Waals surface area contributed by atoms with Crippen LogP contribution < -0.4 is 4.74 Å². The minimum absolute atomic E-state index is 0.395. The molecule has 0 unspecified atom stereocenters. The van der Waals surface area contributed by atoms with Crippen molar-refractivity contribution < 1.29 is 14.9 Å². The van der Waals surface area contributed by atoms with Gasteiger partial charge in [-0.2, -0.15) is 0 Å². The molecular weight excluding hydrogens is 216 g/mol. The normalized spacial score (nSPS) is 14.4. The molecule has 1 aromatic rings. The maximum Gasteiger partial charge on any atom is 0.118 e. The number of rotatable bonds is 7. The second-order valence-corrected chi connectivity index (χ2v) is 4.32. The highest BCUT2D eigenvalue weighted by atomic mass is 16.5. The molecule has 0 radical (unpaired) electrons. The van der Waals surface area contributed by atoms with Gasteiger partial charge in [-0.3, -0.25) is 0 Å². The van der Waals surface area contributed by atoms with Gasteiger partial charge in [-0.05, 0) is 24.1 Å². The summed E-state index contributed by atoms with van der Waals surface area (Å²) in [5.41, 5.74) is 0.821. The van der Waals surface area contributed by atoms with Gasteiger partial charge < -0.3 is 14.9 Å². The van der Waals surface area contributed by atoms with E-state index in [4.69, 9.17) is 4.74 Å². The molecule has 1 aromatic carbocycles. The Labute approximate surface area is 103 Å². The third-order valence-electron chi connectivity index (χ3n) is 2.89. The van der Waals surface area contributed by atoms with Crippen molar-refractivity contribution >= 4 is 0 Å². The molecule has 0 aliphatic heterocycles. The highest BCUT2D eigenvalue weighted by Gasteiger charge is 2.13. The summed E-state index contributed by atoms with van der Waals surface area (Å²) < 4.78 is 5.05. The summed E-state index contributed by atoms with van der Waals surface area (Å²) in [5, 5.41) is 19.7. The average molecular weight is 238 g/mol. The zero-order chi connectivity index (χ0) is 12.7. The molecule has 0 saturated heterocycles. The van der Waals surface area contributed by atoms with Crippen molar-refractivity contribution in [2.24, 2.45) is 0 Å². The van der Waals surface area contributed by atoms with Crippen LogP contribution in [0.5, 0.6) is 5.75 Å². The summed E-state index contributed by atoms with van der Waals surface area (Å²) in [6.07, 6.45) is 2.18. The topological polar surface area (TPSA) is 49.7 Å². The van der Waals surface area contributed by atoms with Gasteiger partial charge >= 0.3 is 0 Å². The molecule has 0 amide bonds. The van der Waals surface area contributed by atoms with Crippen LogP contribution in [-0.4, -0.2) is 23.4 Å². The average Bonchev–Trinajstić information content (AvgIpc) is 2.36. The van der Waals surface area contributed by atoms with Gasteiger partial charge in [-0.1, -0.05) is 31.9 Å². The number of aliphatic hydroxyl groups is 2. The lowest BCUT2D eigenvalue weighted by atomic mass is 10.0. The van der Waals surface area contributed by atoms with Crippen LogP contribution >= 0.6 is 0 Å². The Hall–Kier alpha value is -1.06. The van der Waals surface area contributed by atoms with Crippen LogP contribution in [0.1, 0.15) is 44.3 Å². The standard InChI is InChI=1S/C14H22O3/c1-3-4-5-12(15)10-14(16)11-6-8-13(17-2)9-7-11/h6-9,12,14-16H,3-5,10H2,1-2H3/t12-,14+/m0/s1. The molecule has 0 bridgehead atoms. The Kier molecular flexibility index (Phi) is 6.01. The fourth-order valence-electron chi connectivity index (χ4n) is 1.78. The van der Waals surface area contributed by atoms with Gasteiger partial charge in [0.05, 0.1) is 19.3 Å². The molecule has 0 aromatic heterocycles. The third-order valence-corrected chi connectivity index (χ3v) is 2.89. The van der Waals surface area contributed by atoms with Crippen molar-refractivity contribution in [1.29, 1.82) is 0 Å². The number of hydrogen-bond donors (Lipinski definition) is 2. The van der Waals surface area contributed by atoms with E-state index in [1.165, 1.54) is 0 Å². The van der Waals surface area contributed by atoms with Crippen LogP contribution in [-0.2, 0) is 0 Å². The molecule has 3 heteroatoms. The fraction of sp³-hybridized carbons (Fsp3) is 0.571. The lowest BCUT2D eigenvalue weighted by Crippen LogP contribution is -2.12. The van der Waals surface area contributed by atoms with Gasteiger partial charge in [0.15, 0.2) is 0 Å². The summed E-state index contributed by atoms with van der Waals surface area (Å²) in [4.78, 5) is 0. The molecule has 17 heavy (non-hydrogen) atoms. The molecule has 1 rings (SSSR count). The molecule has 0 aliphatic carbocycles. The highest BCUT2D eigenvalue weighted by Crippen LogP contribution is 2.22. The third kappa shape index (κ3) is 4.75. The summed E-state index contributed by atoms with van der Waals surface area (Å²) in [7, 11) is 1.61. The first kappa shape index (κ1) is 14.0. The quantitative estimate of drug-likeness (QED) is 0.767. The van der Waals surface area contributed by atoms with Crippen molar-refractivity contribution in [3.05, 3.63) is 29.8 Å². The number of ether oxygens (including phenoxy) is 1. The first-order valence-electron chi connectivity index (χ1n) is 6.17. The van der Waals surface area contributed by atoms with Crippen LogP contribution in [0.2, 0.25) is 0 Å². The van der Waals surface area contributed by atoms with E-state index in [1.54, 1.807) is 7.11 Å². The van der Waals surface area contributed by atoms with E-state index < -0.39 is 12.2 Å². The van der Waals surface area contributed by atoms with Gasteiger partial charge in [-0.25, -0.2) is 0 Å². The number of benzene rings is 1. The maximum absolute atomic E-state index is 9.95. The number of methoxy groups -OCH3 is 1. The zero-order valence-electron chi connectivity index (χ0n) is 10.6. The lowest BCUT2D eigenvalue weighted by Gasteiger charge is -2.16. The zero-order valence-corrected chi connectivity index (χ0v) is 10.6. The number of aliphatic hydroxyl groups excluding tert-OH is 2. The van der Waals surface area contributed by atoms with Crippen LogP contribution in [0, 0.1) is 0 Å². The van der Waals surface area contributed by atoms with E-state index in [-0.39, 0.29) is 0 Å². The van der Waals surface area contributed by atoms with Crippen LogP contribution in [0.4, 0.5) is 0 Å². The lowest BCUT2D eigenvalue weighted by molar-refractivity contribution is 0.0742. The van der Waals surface area contributed by atoms with Gasteiger partial charge in [0.1, 0.15) is 5.75 Å². The van der Waals surface area contributed by atoms with Gasteiger partial charge in [0.25, 0.3) is 0 Å². The summed E-state index contributed by atoms with van der Waals surface area (Å²) in [6, 6.07) is 7.29. The Morgan fingerprint density at radius 3 is 2.35 bits per heavy atom. The van der Waals surface area contributed by atoms with Crippen molar-refractivity contribution in [3.8, 4) is 5.75 Å². The molecule has 0 spiro atoms. The second kappa shape index (κ2) is 7.30. The predicted octanol–water partition coefficient (Wildman–Crippen LogP) is 2.67. The summed E-state index contributed by atoms with van der Waals surface area (Å²) >= 11 is 0. The molecule has 2 N–H and O–H groups in total.